The minimum atomic E-state index is 0.0861. The number of methoxy groups -OCH3 is 1. The van der Waals surface area contributed by atoms with Gasteiger partial charge in [0.1, 0.15) is 5.75 Å². The Hall–Kier alpha value is -2.09. The maximum Gasteiger partial charge on any atom is 0.239 e. The zero-order valence-electron chi connectivity index (χ0n) is 18.3. The largest absolute Gasteiger partial charge is 0.497 e. The third-order valence-electron chi connectivity index (χ3n) is 4.76. The Morgan fingerprint density at radius 2 is 1.87 bits per heavy atom. The summed E-state index contributed by atoms with van der Waals surface area (Å²) in [4.78, 5) is 23.1. The van der Waals surface area contributed by atoms with Crippen molar-refractivity contribution in [2.75, 3.05) is 44.9 Å². The van der Waals surface area contributed by atoms with Crippen LogP contribution >= 0.6 is 23.1 Å². The lowest BCUT2D eigenvalue weighted by molar-refractivity contribution is -0.116. The number of anilines is 1. The van der Waals surface area contributed by atoms with Gasteiger partial charge in [0.2, 0.25) is 5.91 Å². The second-order valence-electron chi connectivity index (χ2n) is 7.59. The van der Waals surface area contributed by atoms with E-state index in [1.807, 2.05) is 29.2 Å². The highest BCUT2D eigenvalue weighted by Gasteiger charge is 2.20. The van der Waals surface area contributed by atoms with Crippen molar-refractivity contribution < 1.29 is 9.53 Å². The maximum atomic E-state index is 13.2. The molecule has 1 heterocycles. The summed E-state index contributed by atoms with van der Waals surface area (Å²) in [5, 5.41) is 0.790. The molecule has 0 aliphatic heterocycles. The number of carbonyl (C=O) groups excluding carboxylic acids is 1. The van der Waals surface area contributed by atoms with Crippen LogP contribution in [0.15, 0.2) is 41.3 Å². The summed E-state index contributed by atoms with van der Waals surface area (Å²) in [6, 6.07) is 12.1. The number of hydrogen-bond donors (Lipinski definition) is 0. The molecule has 0 fully saturated rings. The van der Waals surface area contributed by atoms with Crippen LogP contribution in [-0.4, -0.2) is 55.8 Å². The molecular weight excluding hydrogens is 414 g/mol. The lowest BCUT2D eigenvalue weighted by Gasteiger charge is -2.21. The molecule has 0 radical (unpaired) electrons. The molecule has 2 aromatic carbocycles. The molecule has 1 aromatic heterocycles. The summed E-state index contributed by atoms with van der Waals surface area (Å²) in [6.07, 6.45) is 0.903. The Morgan fingerprint density at radius 3 is 2.53 bits per heavy atom. The van der Waals surface area contributed by atoms with E-state index in [1.165, 1.54) is 5.56 Å². The van der Waals surface area contributed by atoms with Gasteiger partial charge >= 0.3 is 0 Å². The zero-order chi connectivity index (χ0) is 21.7. The van der Waals surface area contributed by atoms with Crippen LogP contribution in [0.5, 0.6) is 5.75 Å². The number of amides is 1. The Kier molecular flexibility index (Phi) is 7.75. The van der Waals surface area contributed by atoms with E-state index in [-0.39, 0.29) is 5.91 Å². The van der Waals surface area contributed by atoms with Crippen molar-refractivity contribution in [2.45, 2.75) is 25.2 Å². The first-order valence-corrected chi connectivity index (χ1v) is 11.8. The molecule has 0 atom stereocenters. The fraction of sp³-hybridized carbons (Fsp3) is 0.391. The fourth-order valence-electron chi connectivity index (χ4n) is 3.24. The molecule has 30 heavy (non-hydrogen) atoms. The third-order valence-corrected chi connectivity index (χ3v) is 6.78. The summed E-state index contributed by atoms with van der Waals surface area (Å²) < 4.78 is 6.34. The van der Waals surface area contributed by atoms with Gasteiger partial charge in [-0.1, -0.05) is 17.4 Å². The van der Waals surface area contributed by atoms with Gasteiger partial charge in [0.05, 0.1) is 23.1 Å². The summed E-state index contributed by atoms with van der Waals surface area (Å²) in [7, 11) is 5.75. The van der Waals surface area contributed by atoms with Gasteiger partial charge in [-0.3, -0.25) is 9.69 Å². The smallest absolute Gasteiger partial charge is 0.239 e. The van der Waals surface area contributed by atoms with Crippen molar-refractivity contribution in [2.24, 2.45) is 0 Å². The van der Waals surface area contributed by atoms with E-state index >= 15 is 0 Å². The summed E-state index contributed by atoms with van der Waals surface area (Å²) in [5.74, 6) is 1.28. The van der Waals surface area contributed by atoms with Crippen molar-refractivity contribution in [1.29, 1.82) is 0 Å². The highest BCUT2D eigenvalue weighted by atomic mass is 32.2. The molecule has 0 N–H and O–H groups in total. The third kappa shape index (κ3) is 5.74. The van der Waals surface area contributed by atoms with Gasteiger partial charge in [0.25, 0.3) is 0 Å². The van der Waals surface area contributed by atoms with Gasteiger partial charge in [-0.25, -0.2) is 4.98 Å². The molecule has 3 aromatic rings. The van der Waals surface area contributed by atoms with Crippen molar-refractivity contribution in [3.05, 3.63) is 47.5 Å². The predicted octanol–water partition coefficient (Wildman–Crippen LogP) is 5.00. The molecule has 1 amide bonds. The highest BCUT2D eigenvalue weighted by molar-refractivity contribution is 8.00. The van der Waals surface area contributed by atoms with E-state index in [1.54, 1.807) is 30.2 Å². The normalized spacial score (nSPS) is 11.3. The zero-order valence-corrected chi connectivity index (χ0v) is 19.9. The number of benzene rings is 2. The minimum absolute atomic E-state index is 0.0861. The quantitative estimate of drug-likeness (QED) is 0.436. The van der Waals surface area contributed by atoms with E-state index in [9.17, 15) is 4.79 Å². The van der Waals surface area contributed by atoms with Crippen LogP contribution in [0, 0.1) is 13.8 Å². The average Bonchev–Trinajstić information content (AvgIpc) is 3.13. The number of aryl methyl sites for hydroxylation is 2. The number of fused-ring (bicyclic) bond motifs is 1. The first-order chi connectivity index (χ1) is 14.4. The van der Waals surface area contributed by atoms with E-state index in [0.717, 1.165) is 44.5 Å². The number of rotatable bonds is 9. The second kappa shape index (κ2) is 10.3. The van der Waals surface area contributed by atoms with Gasteiger partial charge in [0, 0.05) is 11.4 Å². The molecule has 7 heteroatoms. The molecule has 0 saturated carbocycles. The van der Waals surface area contributed by atoms with Crippen LogP contribution in [-0.2, 0) is 4.79 Å². The Bertz CT molecular complexity index is 1000. The molecular formula is C23H29N3O2S2. The number of thiazole rings is 1. The number of aromatic nitrogens is 1. The molecule has 0 saturated heterocycles. The van der Waals surface area contributed by atoms with Crippen molar-refractivity contribution in [3.63, 3.8) is 0 Å². The number of nitrogens with zero attached hydrogens (tertiary/aromatic N) is 3. The maximum absolute atomic E-state index is 13.2. The lowest BCUT2D eigenvalue weighted by atomic mass is 10.1. The predicted molar refractivity (Wildman–Crippen MR) is 128 cm³/mol. The summed E-state index contributed by atoms with van der Waals surface area (Å²) in [5.41, 5.74) is 3.37. The van der Waals surface area contributed by atoms with Crippen LogP contribution < -0.4 is 9.64 Å². The Balaban J connectivity index is 1.78. The van der Waals surface area contributed by atoms with Crippen molar-refractivity contribution in [3.8, 4) is 5.75 Å². The highest BCUT2D eigenvalue weighted by Crippen LogP contribution is 2.32. The molecule has 0 bridgehead atoms. The molecule has 160 valence electrons. The van der Waals surface area contributed by atoms with Gasteiger partial charge in [-0.05, 0) is 82.4 Å². The molecule has 0 aliphatic rings. The monoisotopic (exact) mass is 443 g/mol. The number of thioether (sulfide) groups is 1. The van der Waals surface area contributed by atoms with Gasteiger partial charge in [0.15, 0.2) is 5.13 Å². The molecule has 5 nitrogen and oxygen atoms in total. The minimum Gasteiger partial charge on any atom is -0.497 e. The first-order valence-electron chi connectivity index (χ1n) is 9.97. The van der Waals surface area contributed by atoms with Crippen molar-refractivity contribution in [1.82, 2.24) is 9.88 Å². The lowest BCUT2D eigenvalue weighted by Crippen LogP contribution is -2.34. The van der Waals surface area contributed by atoms with Crippen LogP contribution in [0.1, 0.15) is 17.5 Å². The summed E-state index contributed by atoms with van der Waals surface area (Å²) >= 11 is 3.14. The standard InChI is InChI=1S/C23H29N3O2S2/c1-16-13-17(2)22-20(14-16)30-23(24-22)26(12-6-11-25(3)4)21(27)15-29-19-9-7-18(28-5)8-10-19/h7-10,13-14H,6,11-12,15H2,1-5H3. The first kappa shape index (κ1) is 22.6. The Morgan fingerprint density at radius 1 is 1.13 bits per heavy atom. The van der Waals surface area contributed by atoms with E-state index in [4.69, 9.17) is 9.72 Å². The van der Waals surface area contributed by atoms with Crippen LogP contribution in [0.2, 0.25) is 0 Å². The van der Waals surface area contributed by atoms with E-state index < -0.39 is 0 Å². The van der Waals surface area contributed by atoms with Crippen LogP contribution in [0.3, 0.4) is 0 Å². The molecule has 0 spiro atoms. The average molecular weight is 444 g/mol. The topological polar surface area (TPSA) is 45.7 Å². The fourth-order valence-corrected chi connectivity index (χ4v) is 5.20. The van der Waals surface area contributed by atoms with Gasteiger partial charge in [-0.2, -0.15) is 0 Å². The van der Waals surface area contributed by atoms with E-state index in [2.05, 4.69) is 45.0 Å². The SMILES string of the molecule is COc1ccc(SCC(=O)N(CCCN(C)C)c2nc3c(C)cc(C)cc3s2)cc1. The number of ether oxygens (including phenoxy) is 1. The van der Waals surface area contributed by atoms with Crippen LogP contribution in [0.4, 0.5) is 5.13 Å². The van der Waals surface area contributed by atoms with Gasteiger partial charge < -0.3 is 9.64 Å². The molecule has 0 aliphatic carbocycles. The number of hydrogen-bond acceptors (Lipinski definition) is 6. The molecule has 0 unspecified atom stereocenters. The van der Waals surface area contributed by atoms with Gasteiger partial charge in [-0.15, -0.1) is 11.8 Å². The molecule has 3 rings (SSSR count). The number of carbonyl (C=O) groups is 1. The second-order valence-corrected chi connectivity index (χ2v) is 9.65. The Labute approximate surface area is 187 Å². The van der Waals surface area contributed by atoms with Crippen LogP contribution in [0.25, 0.3) is 10.2 Å². The van der Waals surface area contributed by atoms with E-state index in [0.29, 0.717) is 12.3 Å². The van der Waals surface area contributed by atoms with Crippen molar-refractivity contribution >= 4 is 44.4 Å². The summed E-state index contributed by atoms with van der Waals surface area (Å²) in [6.45, 7) is 5.77.